The maximum atomic E-state index is 12.5. The Morgan fingerprint density at radius 1 is 1.37 bits per heavy atom. The van der Waals surface area contributed by atoms with E-state index in [-0.39, 0.29) is 6.04 Å². The van der Waals surface area contributed by atoms with Gasteiger partial charge in [0, 0.05) is 19.1 Å². The Balaban J connectivity index is 2.57. The lowest BCUT2D eigenvalue weighted by Crippen LogP contribution is -2.36. The monoisotopic (exact) mass is 275 g/mol. The molecule has 106 valence electrons. The first-order valence-electron chi connectivity index (χ1n) is 5.74. The summed E-state index contributed by atoms with van der Waals surface area (Å²) >= 11 is 0. The fourth-order valence-electron chi connectivity index (χ4n) is 1.58. The third-order valence-electron chi connectivity index (χ3n) is 2.59. The molecule has 2 amide bonds. The van der Waals surface area contributed by atoms with Crippen LogP contribution in [0.4, 0.5) is 18.0 Å². The average molecular weight is 275 g/mol. The van der Waals surface area contributed by atoms with Gasteiger partial charge in [0.05, 0.1) is 5.56 Å². The van der Waals surface area contributed by atoms with Gasteiger partial charge in [0.15, 0.2) is 0 Å². The van der Waals surface area contributed by atoms with E-state index in [1.807, 2.05) is 0 Å². The molecular weight excluding hydrogens is 259 g/mol. The van der Waals surface area contributed by atoms with Crippen molar-refractivity contribution in [1.29, 1.82) is 0 Å². The summed E-state index contributed by atoms with van der Waals surface area (Å²) in [5.41, 5.74) is 4.75. The molecule has 0 aliphatic carbocycles. The second-order valence-electron chi connectivity index (χ2n) is 4.09. The summed E-state index contributed by atoms with van der Waals surface area (Å²) in [5.74, 6) is 0. The summed E-state index contributed by atoms with van der Waals surface area (Å²) in [6.45, 7) is 2.48. The molecule has 1 unspecified atom stereocenters. The fourth-order valence-corrected chi connectivity index (χ4v) is 1.58. The maximum absolute atomic E-state index is 12.5. The minimum Gasteiger partial charge on any atom is -0.352 e. The van der Waals surface area contributed by atoms with E-state index in [0.29, 0.717) is 18.7 Å². The van der Waals surface area contributed by atoms with Crippen molar-refractivity contribution < 1.29 is 18.0 Å². The number of benzene rings is 1. The van der Waals surface area contributed by atoms with Gasteiger partial charge in [-0.15, -0.1) is 0 Å². The molecule has 4 N–H and O–H groups in total. The third-order valence-corrected chi connectivity index (χ3v) is 2.59. The van der Waals surface area contributed by atoms with E-state index >= 15 is 0 Å². The fraction of sp³-hybridized carbons (Fsp3) is 0.417. The molecule has 0 aliphatic rings. The lowest BCUT2D eigenvalue weighted by Gasteiger charge is -2.16. The first-order chi connectivity index (χ1) is 8.80. The van der Waals surface area contributed by atoms with Gasteiger partial charge < -0.3 is 16.4 Å². The number of primary amides is 1. The number of halogens is 3. The van der Waals surface area contributed by atoms with Gasteiger partial charge in [-0.25, -0.2) is 4.79 Å². The Bertz CT molecular complexity index is 434. The van der Waals surface area contributed by atoms with Crippen molar-refractivity contribution in [2.75, 3.05) is 13.1 Å². The minimum atomic E-state index is -4.34. The van der Waals surface area contributed by atoms with Crippen LogP contribution in [-0.4, -0.2) is 19.1 Å². The van der Waals surface area contributed by atoms with Crippen LogP contribution in [0.25, 0.3) is 0 Å². The van der Waals surface area contributed by atoms with Crippen LogP contribution < -0.4 is 16.4 Å². The van der Waals surface area contributed by atoms with Crippen LogP contribution in [-0.2, 0) is 6.18 Å². The quantitative estimate of drug-likeness (QED) is 0.720. The molecule has 0 bridgehead atoms. The zero-order valence-electron chi connectivity index (χ0n) is 10.4. The maximum Gasteiger partial charge on any atom is 0.416 e. The number of hydrogen-bond donors (Lipinski definition) is 3. The third kappa shape index (κ3) is 5.17. The molecule has 7 heteroatoms. The molecule has 0 radical (unpaired) electrons. The van der Waals surface area contributed by atoms with Crippen molar-refractivity contribution in [3.8, 4) is 0 Å². The Morgan fingerprint density at radius 2 is 2.05 bits per heavy atom. The van der Waals surface area contributed by atoms with Crippen molar-refractivity contribution in [2.45, 2.75) is 19.1 Å². The van der Waals surface area contributed by atoms with Crippen LogP contribution in [0, 0.1) is 0 Å². The summed E-state index contributed by atoms with van der Waals surface area (Å²) in [5, 5.41) is 5.38. The SMILES string of the molecule is CC(NCCNC(N)=O)c1cccc(C(F)(F)F)c1. The predicted octanol–water partition coefficient (Wildman–Crippen LogP) is 2.02. The summed E-state index contributed by atoms with van der Waals surface area (Å²) in [7, 11) is 0. The van der Waals surface area contributed by atoms with Gasteiger partial charge in [0.2, 0.25) is 0 Å². The van der Waals surface area contributed by atoms with Crippen molar-refractivity contribution in [2.24, 2.45) is 5.73 Å². The number of carbonyl (C=O) groups is 1. The van der Waals surface area contributed by atoms with E-state index < -0.39 is 17.8 Å². The van der Waals surface area contributed by atoms with Crippen molar-refractivity contribution >= 4 is 6.03 Å². The van der Waals surface area contributed by atoms with Crippen LogP contribution in [0.2, 0.25) is 0 Å². The van der Waals surface area contributed by atoms with E-state index in [9.17, 15) is 18.0 Å². The first-order valence-corrected chi connectivity index (χ1v) is 5.74. The van der Waals surface area contributed by atoms with Crippen LogP contribution in [0.5, 0.6) is 0 Å². The predicted molar refractivity (Wildman–Crippen MR) is 65.4 cm³/mol. The highest BCUT2D eigenvalue weighted by atomic mass is 19.4. The molecule has 19 heavy (non-hydrogen) atoms. The number of amides is 2. The lowest BCUT2D eigenvalue weighted by atomic mass is 10.0. The van der Waals surface area contributed by atoms with Crippen LogP contribution in [0.3, 0.4) is 0 Å². The Hall–Kier alpha value is -1.76. The molecule has 1 aromatic carbocycles. The first kappa shape index (κ1) is 15.3. The minimum absolute atomic E-state index is 0.253. The second kappa shape index (κ2) is 6.42. The normalized spacial score (nSPS) is 13.1. The highest BCUT2D eigenvalue weighted by Crippen LogP contribution is 2.30. The molecule has 1 atom stereocenters. The molecule has 0 heterocycles. The highest BCUT2D eigenvalue weighted by molar-refractivity contribution is 5.71. The summed E-state index contributed by atoms with van der Waals surface area (Å²) in [6, 6.07) is 4.25. The van der Waals surface area contributed by atoms with E-state index in [2.05, 4.69) is 10.6 Å². The van der Waals surface area contributed by atoms with E-state index in [4.69, 9.17) is 5.73 Å². The number of urea groups is 1. The van der Waals surface area contributed by atoms with E-state index in [1.165, 1.54) is 6.07 Å². The van der Waals surface area contributed by atoms with Gasteiger partial charge in [0.25, 0.3) is 0 Å². The molecule has 4 nitrogen and oxygen atoms in total. The van der Waals surface area contributed by atoms with E-state index in [0.717, 1.165) is 12.1 Å². The summed E-state index contributed by atoms with van der Waals surface area (Å²) < 4.78 is 37.6. The molecule has 1 aromatic rings. The zero-order valence-corrected chi connectivity index (χ0v) is 10.4. The number of nitrogens with two attached hydrogens (primary N) is 1. The van der Waals surface area contributed by atoms with Crippen LogP contribution in [0.1, 0.15) is 24.1 Å². The molecule has 0 aromatic heterocycles. The number of hydrogen-bond acceptors (Lipinski definition) is 2. The van der Waals surface area contributed by atoms with Crippen molar-refractivity contribution in [3.05, 3.63) is 35.4 Å². The van der Waals surface area contributed by atoms with Crippen molar-refractivity contribution in [3.63, 3.8) is 0 Å². The summed E-state index contributed by atoms with van der Waals surface area (Å²) in [6.07, 6.45) is -4.34. The topological polar surface area (TPSA) is 67.2 Å². The molecule has 1 rings (SSSR count). The van der Waals surface area contributed by atoms with Crippen molar-refractivity contribution in [1.82, 2.24) is 10.6 Å². The van der Waals surface area contributed by atoms with Crippen LogP contribution >= 0.6 is 0 Å². The van der Waals surface area contributed by atoms with Gasteiger partial charge >= 0.3 is 12.2 Å². The molecule has 0 saturated carbocycles. The number of alkyl halides is 3. The Kier molecular flexibility index (Phi) is 5.17. The van der Waals surface area contributed by atoms with Gasteiger partial charge in [-0.1, -0.05) is 12.1 Å². The Labute approximate surface area is 109 Å². The number of carbonyl (C=O) groups excluding carboxylic acids is 1. The smallest absolute Gasteiger partial charge is 0.352 e. The Morgan fingerprint density at radius 3 is 2.63 bits per heavy atom. The average Bonchev–Trinajstić information content (AvgIpc) is 2.33. The largest absolute Gasteiger partial charge is 0.416 e. The van der Waals surface area contributed by atoms with Gasteiger partial charge in [0.1, 0.15) is 0 Å². The molecule has 0 saturated heterocycles. The second-order valence-corrected chi connectivity index (χ2v) is 4.09. The standard InChI is InChI=1S/C12H16F3N3O/c1-8(17-5-6-18-11(16)19)9-3-2-4-10(7-9)12(13,14)15/h2-4,7-8,17H,5-6H2,1H3,(H3,16,18,19). The molecule has 0 fully saturated rings. The van der Waals surface area contributed by atoms with Gasteiger partial charge in [-0.05, 0) is 24.6 Å². The summed E-state index contributed by atoms with van der Waals surface area (Å²) in [4.78, 5) is 10.4. The van der Waals surface area contributed by atoms with Gasteiger partial charge in [-0.2, -0.15) is 13.2 Å². The lowest BCUT2D eigenvalue weighted by molar-refractivity contribution is -0.137. The number of rotatable bonds is 5. The molecule has 0 aliphatic heterocycles. The van der Waals surface area contributed by atoms with Crippen LogP contribution in [0.15, 0.2) is 24.3 Å². The number of nitrogens with one attached hydrogen (secondary N) is 2. The van der Waals surface area contributed by atoms with Gasteiger partial charge in [-0.3, -0.25) is 0 Å². The highest BCUT2D eigenvalue weighted by Gasteiger charge is 2.30. The van der Waals surface area contributed by atoms with E-state index in [1.54, 1.807) is 13.0 Å². The molecule has 0 spiro atoms. The molecular formula is C12H16F3N3O. The zero-order chi connectivity index (χ0) is 14.5.